The van der Waals surface area contributed by atoms with Gasteiger partial charge in [0.1, 0.15) is 11.3 Å². The van der Waals surface area contributed by atoms with Crippen LogP contribution in [0.15, 0.2) is 95.6 Å². The van der Waals surface area contributed by atoms with Crippen molar-refractivity contribution in [1.82, 2.24) is 5.01 Å². The predicted molar refractivity (Wildman–Crippen MR) is 134 cm³/mol. The van der Waals surface area contributed by atoms with Gasteiger partial charge < -0.3 is 9.84 Å². The van der Waals surface area contributed by atoms with Gasteiger partial charge in [0.25, 0.3) is 5.91 Å². The van der Waals surface area contributed by atoms with Crippen LogP contribution in [0.5, 0.6) is 5.75 Å². The van der Waals surface area contributed by atoms with Crippen molar-refractivity contribution in [2.45, 2.75) is 25.3 Å². The Balaban J connectivity index is 1.43. The van der Waals surface area contributed by atoms with Gasteiger partial charge in [-0.2, -0.15) is 5.10 Å². The number of benzene rings is 3. The van der Waals surface area contributed by atoms with Gasteiger partial charge in [0.15, 0.2) is 6.61 Å². The molecule has 6 nitrogen and oxygen atoms in total. The van der Waals surface area contributed by atoms with E-state index < -0.39 is 18.5 Å². The van der Waals surface area contributed by atoms with E-state index in [1.807, 2.05) is 48.5 Å². The zero-order valence-electron chi connectivity index (χ0n) is 19.2. The molecule has 0 radical (unpaired) electrons. The summed E-state index contributed by atoms with van der Waals surface area (Å²) in [4.78, 5) is 25.8. The van der Waals surface area contributed by atoms with Gasteiger partial charge in [-0.15, -0.1) is 0 Å². The van der Waals surface area contributed by atoms with E-state index in [0.29, 0.717) is 0 Å². The van der Waals surface area contributed by atoms with Crippen LogP contribution in [0, 0.1) is 5.92 Å². The third kappa shape index (κ3) is 4.73. The molecule has 2 atom stereocenters. The second kappa shape index (κ2) is 9.97. The molecule has 35 heavy (non-hydrogen) atoms. The number of amides is 1. The molecule has 5 rings (SSSR count). The van der Waals surface area contributed by atoms with Crippen molar-refractivity contribution in [3.8, 4) is 5.75 Å². The first-order valence-electron chi connectivity index (χ1n) is 11.8. The Hall–Kier alpha value is -4.19. The molecule has 1 fully saturated rings. The summed E-state index contributed by atoms with van der Waals surface area (Å²) in [5, 5.41) is 16.2. The van der Waals surface area contributed by atoms with Crippen molar-refractivity contribution >= 4 is 23.7 Å². The van der Waals surface area contributed by atoms with Gasteiger partial charge in [0, 0.05) is 5.92 Å². The number of esters is 1. The number of allylic oxidation sites excluding steroid dienone is 1. The number of ether oxygens (including phenoxy) is 1. The van der Waals surface area contributed by atoms with Crippen LogP contribution in [-0.2, 0) is 9.53 Å². The summed E-state index contributed by atoms with van der Waals surface area (Å²) >= 11 is 0. The van der Waals surface area contributed by atoms with E-state index in [1.54, 1.807) is 12.1 Å². The Bertz CT molecular complexity index is 1280. The summed E-state index contributed by atoms with van der Waals surface area (Å²) < 4.78 is 5.27. The fourth-order valence-corrected chi connectivity index (χ4v) is 4.86. The number of hydrogen-bond donors (Lipinski definition) is 1. The van der Waals surface area contributed by atoms with Crippen LogP contribution in [0.2, 0.25) is 0 Å². The van der Waals surface area contributed by atoms with Crippen molar-refractivity contribution in [3.63, 3.8) is 0 Å². The van der Waals surface area contributed by atoms with Gasteiger partial charge in [-0.1, -0.05) is 72.8 Å². The number of aromatic hydroxyl groups is 1. The Labute approximate surface area is 204 Å². The fraction of sp³-hybridized carbons (Fsp3) is 0.207. The van der Waals surface area contributed by atoms with E-state index in [-0.39, 0.29) is 23.3 Å². The minimum atomic E-state index is -0.748. The molecule has 3 aromatic carbocycles. The average Bonchev–Trinajstić information content (AvgIpc) is 3.29. The molecule has 1 aliphatic carbocycles. The molecule has 1 amide bonds. The molecule has 2 unspecified atom stereocenters. The number of phenolic OH excluding ortho intramolecular Hbond substituents is 1. The largest absolute Gasteiger partial charge is 0.507 e. The number of carbonyl (C=O) groups is 2. The summed E-state index contributed by atoms with van der Waals surface area (Å²) in [7, 11) is 0. The molecule has 2 aliphatic rings. The monoisotopic (exact) mass is 466 g/mol. The molecule has 1 heterocycles. The lowest BCUT2D eigenvalue weighted by Gasteiger charge is -2.29. The number of phenols is 1. The van der Waals surface area contributed by atoms with Gasteiger partial charge in [-0.3, -0.25) is 4.79 Å². The van der Waals surface area contributed by atoms with Gasteiger partial charge in [0.2, 0.25) is 0 Å². The summed E-state index contributed by atoms with van der Waals surface area (Å²) in [6, 6.07) is 25.8. The number of hydrazone groups is 1. The zero-order chi connectivity index (χ0) is 24.2. The van der Waals surface area contributed by atoms with Gasteiger partial charge in [0.05, 0.1) is 11.8 Å². The Morgan fingerprint density at radius 2 is 1.66 bits per heavy atom. The van der Waals surface area contributed by atoms with Crippen molar-refractivity contribution in [2.24, 2.45) is 11.0 Å². The van der Waals surface area contributed by atoms with E-state index in [1.165, 1.54) is 17.1 Å². The SMILES string of the molecule is O=C(OCC(=O)N1N=C2C(=Cc3ccccc3)CCCC2C1c1ccccc1)c1ccccc1O. The fourth-order valence-electron chi connectivity index (χ4n) is 4.86. The number of carbonyl (C=O) groups excluding carboxylic acids is 2. The van der Waals surface area contributed by atoms with Crippen molar-refractivity contribution in [2.75, 3.05) is 6.61 Å². The highest BCUT2D eigenvalue weighted by molar-refractivity contribution is 6.08. The molecule has 0 spiro atoms. The van der Waals surface area contributed by atoms with Crippen LogP contribution in [0.1, 0.15) is 46.8 Å². The topological polar surface area (TPSA) is 79.2 Å². The lowest BCUT2D eigenvalue weighted by molar-refractivity contribution is -0.137. The van der Waals surface area contributed by atoms with E-state index in [9.17, 15) is 14.7 Å². The lowest BCUT2D eigenvalue weighted by Crippen LogP contribution is -2.34. The molecule has 1 aliphatic heterocycles. The summed E-state index contributed by atoms with van der Waals surface area (Å²) in [6.07, 6.45) is 4.98. The van der Waals surface area contributed by atoms with Crippen LogP contribution in [-0.4, -0.2) is 34.3 Å². The summed E-state index contributed by atoms with van der Waals surface area (Å²) in [6.45, 7) is -0.461. The van der Waals surface area contributed by atoms with Gasteiger partial charge in [-0.05, 0) is 54.2 Å². The van der Waals surface area contributed by atoms with Crippen molar-refractivity contribution in [1.29, 1.82) is 0 Å². The maximum absolute atomic E-state index is 13.3. The second-order valence-corrected chi connectivity index (χ2v) is 8.75. The van der Waals surface area contributed by atoms with Crippen LogP contribution in [0.4, 0.5) is 0 Å². The average molecular weight is 467 g/mol. The molecule has 0 saturated heterocycles. The minimum absolute atomic E-state index is 0.0226. The Kier molecular flexibility index (Phi) is 6.44. The first kappa shape index (κ1) is 22.6. The highest BCUT2D eigenvalue weighted by Gasteiger charge is 2.43. The van der Waals surface area contributed by atoms with Crippen molar-refractivity contribution < 1.29 is 19.4 Å². The minimum Gasteiger partial charge on any atom is -0.507 e. The normalized spacial score (nSPS) is 20.3. The molecule has 176 valence electrons. The number of nitrogens with zero attached hydrogens (tertiary/aromatic N) is 2. The van der Waals surface area contributed by atoms with Crippen LogP contribution < -0.4 is 0 Å². The molecule has 0 aromatic heterocycles. The van der Waals surface area contributed by atoms with Crippen LogP contribution in [0.25, 0.3) is 6.08 Å². The maximum Gasteiger partial charge on any atom is 0.342 e. The van der Waals surface area contributed by atoms with E-state index in [0.717, 1.165) is 41.7 Å². The first-order valence-corrected chi connectivity index (χ1v) is 11.8. The second-order valence-electron chi connectivity index (χ2n) is 8.75. The highest BCUT2D eigenvalue weighted by atomic mass is 16.5. The Morgan fingerprint density at radius 3 is 2.40 bits per heavy atom. The van der Waals surface area contributed by atoms with E-state index >= 15 is 0 Å². The first-order chi connectivity index (χ1) is 17.1. The standard InChI is InChI=1S/C29H26N2O4/c32-25-17-8-7-15-23(25)29(34)35-19-26(33)31-28(21-12-5-2-6-13-21)24-16-9-14-22(27(24)30-31)18-20-10-3-1-4-11-20/h1-8,10-13,15,17-18,24,28,32H,9,14,16,19H2. The summed E-state index contributed by atoms with van der Waals surface area (Å²) in [5.41, 5.74) is 4.18. The number of rotatable bonds is 5. The van der Waals surface area contributed by atoms with Gasteiger partial charge >= 0.3 is 5.97 Å². The van der Waals surface area contributed by atoms with Crippen LogP contribution >= 0.6 is 0 Å². The van der Waals surface area contributed by atoms with E-state index in [4.69, 9.17) is 9.84 Å². The number of hydrogen-bond acceptors (Lipinski definition) is 5. The molecule has 6 heteroatoms. The third-order valence-corrected chi connectivity index (χ3v) is 6.49. The quantitative estimate of drug-likeness (QED) is 0.513. The molecule has 3 aromatic rings. The molecule has 1 N–H and O–H groups in total. The molecule has 1 saturated carbocycles. The molecular formula is C29H26N2O4. The highest BCUT2D eigenvalue weighted by Crippen LogP contribution is 2.44. The number of fused-ring (bicyclic) bond motifs is 1. The van der Waals surface area contributed by atoms with Crippen LogP contribution in [0.3, 0.4) is 0 Å². The Morgan fingerprint density at radius 1 is 0.971 bits per heavy atom. The zero-order valence-corrected chi connectivity index (χ0v) is 19.2. The lowest BCUT2D eigenvalue weighted by atomic mass is 9.77. The van der Waals surface area contributed by atoms with Gasteiger partial charge in [-0.25, -0.2) is 9.80 Å². The smallest absolute Gasteiger partial charge is 0.342 e. The third-order valence-electron chi connectivity index (χ3n) is 6.49. The number of para-hydroxylation sites is 1. The molecular weight excluding hydrogens is 440 g/mol. The molecule has 0 bridgehead atoms. The maximum atomic E-state index is 13.3. The van der Waals surface area contributed by atoms with Crippen molar-refractivity contribution in [3.05, 3.63) is 107 Å². The van der Waals surface area contributed by atoms with E-state index in [2.05, 4.69) is 18.2 Å². The predicted octanol–water partition coefficient (Wildman–Crippen LogP) is 5.37. The summed E-state index contributed by atoms with van der Waals surface area (Å²) in [5.74, 6) is -1.26.